The second kappa shape index (κ2) is 8.41. The van der Waals surface area contributed by atoms with Crippen LogP contribution in [0, 0.1) is 0 Å². The zero-order chi connectivity index (χ0) is 24.2. The fourth-order valence-corrected chi connectivity index (χ4v) is 6.18. The summed E-state index contributed by atoms with van der Waals surface area (Å²) in [7, 11) is 0. The van der Waals surface area contributed by atoms with Crippen LogP contribution in [0.4, 0.5) is 4.79 Å². The third-order valence-electron chi connectivity index (χ3n) is 8.06. The van der Waals surface area contributed by atoms with Gasteiger partial charge in [-0.3, -0.25) is 4.90 Å². The van der Waals surface area contributed by atoms with Crippen LogP contribution in [-0.2, 0) is 10.2 Å². The van der Waals surface area contributed by atoms with Gasteiger partial charge in [-0.2, -0.15) is 0 Å². The Morgan fingerprint density at radius 3 is 2.11 bits per heavy atom. The van der Waals surface area contributed by atoms with Crippen LogP contribution in [0.25, 0.3) is 16.7 Å². The van der Waals surface area contributed by atoms with Crippen molar-refractivity contribution in [2.45, 2.75) is 63.5 Å². The molecule has 1 amide bonds. The highest BCUT2D eigenvalue weighted by atomic mass is 16.6. The summed E-state index contributed by atoms with van der Waals surface area (Å²) in [5, 5.41) is 0. The van der Waals surface area contributed by atoms with E-state index in [1.54, 1.807) is 0 Å². The van der Waals surface area contributed by atoms with Crippen molar-refractivity contribution in [1.29, 1.82) is 0 Å². The van der Waals surface area contributed by atoms with E-state index in [-0.39, 0.29) is 29.5 Å². The van der Waals surface area contributed by atoms with Crippen LogP contribution in [0.2, 0.25) is 0 Å². The molecule has 0 aromatic heterocycles. The van der Waals surface area contributed by atoms with Crippen LogP contribution in [0.5, 0.6) is 0 Å². The van der Waals surface area contributed by atoms with E-state index in [2.05, 4.69) is 99.6 Å². The standard InChI is InChI=1S/C32H33NO2/c1-32(2,3)23-14-12-21(13-15-23)22-18-24-16-17-25(19-22)33(24)31(34)35-20-30-28-10-6-4-8-26(28)27-9-5-7-11-29(27)30/h4-15,18,24-25,30H,16-17,19-20H2,1-3H3. The Balaban J connectivity index is 1.18. The Labute approximate surface area is 208 Å². The summed E-state index contributed by atoms with van der Waals surface area (Å²) in [4.78, 5) is 15.3. The molecule has 2 aliphatic heterocycles. The molecule has 6 rings (SSSR count). The van der Waals surface area contributed by atoms with Crippen molar-refractivity contribution in [3.05, 3.63) is 101 Å². The fraction of sp³-hybridized carbons (Fsp3) is 0.344. The number of rotatable bonds is 3. The Morgan fingerprint density at radius 1 is 0.886 bits per heavy atom. The maximum Gasteiger partial charge on any atom is 0.410 e. The summed E-state index contributed by atoms with van der Waals surface area (Å²) in [5.74, 6) is 0.0984. The van der Waals surface area contributed by atoms with Gasteiger partial charge in [-0.25, -0.2) is 4.79 Å². The van der Waals surface area contributed by atoms with Gasteiger partial charge in [-0.1, -0.05) is 99.6 Å². The normalized spacial score (nSPS) is 20.9. The number of nitrogens with zero attached hydrogens (tertiary/aromatic N) is 1. The van der Waals surface area contributed by atoms with Crippen LogP contribution >= 0.6 is 0 Å². The van der Waals surface area contributed by atoms with Crippen molar-refractivity contribution in [3.63, 3.8) is 0 Å². The lowest BCUT2D eigenvalue weighted by Gasteiger charge is -2.33. The first-order chi connectivity index (χ1) is 16.9. The lowest BCUT2D eigenvalue weighted by molar-refractivity contribution is 0.0866. The minimum Gasteiger partial charge on any atom is -0.448 e. The molecule has 3 nitrogen and oxygen atoms in total. The number of hydrogen-bond donors (Lipinski definition) is 0. The quantitative estimate of drug-likeness (QED) is 0.401. The highest BCUT2D eigenvalue weighted by Gasteiger charge is 2.41. The number of benzene rings is 3. The molecule has 0 spiro atoms. The first-order valence-electron chi connectivity index (χ1n) is 12.8. The molecule has 0 saturated carbocycles. The number of carbonyl (C=O) groups excluding carboxylic acids is 1. The predicted octanol–water partition coefficient (Wildman–Crippen LogP) is 7.55. The Kier molecular flexibility index (Phi) is 5.32. The van der Waals surface area contributed by atoms with Gasteiger partial charge in [0.15, 0.2) is 0 Å². The van der Waals surface area contributed by atoms with Gasteiger partial charge in [-0.05, 0) is 63.6 Å². The van der Waals surface area contributed by atoms with Crippen molar-refractivity contribution < 1.29 is 9.53 Å². The van der Waals surface area contributed by atoms with Gasteiger partial charge >= 0.3 is 6.09 Å². The summed E-state index contributed by atoms with van der Waals surface area (Å²) in [6, 6.07) is 26.3. The molecule has 1 fully saturated rings. The van der Waals surface area contributed by atoms with Crippen molar-refractivity contribution in [3.8, 4) is 11.1 Å². The number of carbonyl (C=O) groups is 1. The monoisotopic (exact) mass is 463 g/mol. The zero-order valence-electron chi connectivity index (χ0n) is 20.8. The highest BCUT2D eigenvalue weighted by Crippen LogP contribution is 2.45. The number of amides is 1. The third-order valence-corrected chi connectivity index (χ3v) is 8.06. The van der Waals surface area contributed by atoms with E-state index in [4.69, 9.17) is 4.74 Å². The van der Waals surface area contributed by atoms with E-state index in [0.29, 0.717) is 6.61 Å². The number of ether oxygens (including phenoxy) is 1. The van der Waals surface area contributed by atoms with E-state index in [1.807, 2.05) is 4.90 Å². The number of hydrogen-bond acceptors (Lipinski definition) is 2. The van der Waals surface area contributed by atoms with Crippen LogP contribution in [0.3, 0.4) is 0 Å². The molecule has 3 aliphatic rings. The highest BCUT2D eigenvalue weighted by molar-refractivity contribution is 5.79. The maximum atomic E-state index is 13.3. The van der Waals surface area contributed by atoms with Gasteiger partial charge < -0.3 is 4.74 Å². The van der Waals surface area contributed by atoms with Crippen LogP contribution in [0.15, 0.2) is 78.9 Å². The van der Waals surface area contributed by atoms with Gasteiger partial charge in [0.25, 0.3) is 0 Å². The summed E-state index contributed by atoms with van der Waals surface area (Å²) in [6.07, 6.45) is 5.08. The Bertz CT molecular complexity index is 1250. The van der Waals surface area contributed by atoms with Gasteiger partial charge in [0.2, 0.25) is 0 Å². The molecular weight excluding hydrogens is 430 g/mol. The van der Waals surface area contributed by atoms with Gasteiger partial charge in [-0.15, -0.1) is 0 Å². The molecule has 3 aromatic carbocycles. The molecule has 178 valence electrons. The Morgan fingerprint density at radius 2 is 1.51 bits per heavy atom. The number of fused-ring (bicyclic) bond motifs is 5. The average Bonchev–Trinajstić information content (AvgIpc) is 3.32. The molecule has 2 heterocycles. The van der Waals surface area contributed by atoms with Gasteiger partial charge in [0, 0.05) is 12.0 Å². The van der Waals surface area contributed by atoms with Crippen molar-refractivity contribution in [1.82, 2.24) is 4.90 Å². The maximum absolute atomic E-state index is 13.3. The first-order valence-corrected chi connectivity index (χ1v) is 12.8. The Hall–Kier alpha value is -3.33. The summed E-state index contributed by atoms with van der Waals surface area (Å²) >= 11 is 0. The second-order valence-electron chi connectivity index (χ2n) is 11.2. The molecule has 1 saturated heterocycles. The SMILES string of the molecule is CC(C)(C)c1ccc(C2=CC3CCC(C2)N3C(=O)OCC2c3ccccc3-c3ccccc32)cc1. The lowest BCUT2D eigenvalue weighted by atomic mass is 9.85. The molecule has 1 aliphatic carbocycles. The fourth-order valence-electron chi connectivity index (χ4n) is 6.18. The van der Waals surface area contributed by atoms with Crippen molar-refractivity contribution >= 4 is 11.7 Å². The largest absolute Gasteiger partial charge is 0.448 e. The first kappa shape index (κ1) is 22.2. The van der Waals surface area contributed by atoms with Gasteiger partial charge in [0.1, 0.15) is 6.61 Å². The molecule has 2 atom stereocenters. The lowest BCUT2D eigenvalue weighted by Crippen LogP contribution is -2.43. The summed E-state index contributed by atoms with van der Waals surface area (Å²) < 4.78 is 6.01. The predicted molar refractivity (Wildman–Crippen MR) is 141 cm³/mol. The molecule has 2 unspecified atom stereocenters. The van der Waals surface area contributed by atoms with Gasteiger partial charge in [0.05, 0.1) is 6.04 Å². The summed E-state index contributed by atoms with van der Waals surface area (Å²) in [5.41, 5.74) is 9.16. The van der Waals surface area contributed by atoms with E-state index in [0.717, 1.165) is 19.3 Å². The zero-order valence-corrected chi connectivity index (χ0v) is 20.8. The van der Waals surface area contributed by atoms with E-state index >= 15 is 0 Å². The molecule has 3 aromatic rings. The summed E-state index contributed by atoms with van der Waals surface area (Å²) in [6.45, 7) is 7.12. The van der Waals surface area contributed by atoms with Crippen molar-refractivity contribution in [2.75, 3.05) is 6.61 Å². The van der Waals surface area contributed by atoms with E-state index in [9.17, 15) is 4.79 Å². The molecule has 0 N–H and O–H groups in total. The minimum atomic E-state index is -0.169. The van der Waals surface area contributed by atoms with E-state index < -0.39 is 0 Å². The molecule has 0 radical (unpaired) electrons. The molecule has 35 heavy (non-hydrogen) atoms. The van der Waals surface area contributed by atoms with Crippen molar-refractivity contribution in [2.24, 2.45) is 0 Å². The molecule has 2 bridgehead atoms. The van der Waals surface area contributed by atoms with E-state index in [1.165, 1.54) is 39.0 Å². The molecule has 3 heteroatoms. The topological polar surface area (TPSA) is 29.5 Å². The average molecular weight is 464 g/mol. The molecular formula is C32H33NO2. The minimum absolute atomic E-state index is 0.0984. The van der Waals surface area contributed by atoms with Crippen LogP contribution in [0.1, 0.15) is 68.2 Å². The smallest absolute Gasteiger partial charge is 0.410 e. The van der Waals surface area contributed by atoms with Crippen LogP contribution < -0.4 is 0 Å². The van der Waals surface area contributed by atoms with Crippen LogP contribution in [-0.4, -0.2) is 29.7 Å². The third kappa shape index (κ3) is 3.87. The second-order valence-corrected chi connectivity index (χ2v) is 11.2.